The van der Waals surface area contributed by atoms with Crippen molar-refractivity contribution in [3.63, 3.8) is 0 Å². The van der Waals surface area contributed by atoms with Crippen LogP contribution in [0.5, 0.6) is 5.75 Å². The Kier molecular flexibility index (Phi) is 2.56. The first-order valence-electron chi connectivity index (χ1n) is 6.11. The van der Waals surface area contributed by atoms with Crippen molar-refractivity contribution in [2.75, 3.05) is 0 Å². The van der Waals surface area contributed by atoms with Gasteiger partial charge in [0.25, 0.3) is 0 Å². The summed E-state index contributed by atoms with van der Waals surface area (Å²) >= 11 is 0. The highest BCUT2D eigenvalue weighted by molar-refractivity contribution is 6.43. The Balaban J connectivity index is 2.23. The van der Waals surface area contributed by atoms with E-state index in [4.69, 9.17) is 0 Å². The second-order valence-electron chi connectivity index (χ2n) is 6.46. The lowest BCUT2D eigenvalue weighted by molar-refractivity contribution is 0.272. The van der Waals surface area contributed by atoms with E-state index in [1.807, 2.05) is 0 Å². The molecule has 0 radical (unpaired) electrons. The largest absolute Gasteiger partial charge is 0.508 e. The van der Waals surface area contributed by atoms with Crippen LogP contribution in [-0.2, 0) is 0 Å². The van der Waals surface area contributed by atoms with Crippen LogP contribution in [0.15, 0.2) is 24.3 Å². The highest BCUT2D eigenvalue weighted by Gasteiger charge is 2.47. The zero-order valence-electron chi connectivity index (χ0n) is 10.7. The molecule has 1 atom stereocenters. The SMILES string of the molecule is CC1(C)BC(c2ccc(O)cc2)CC1(C)C. The zero-order chi connectivity index (χ0) is 12.0. The van der Waals surface area contributed by atoms with E-state index < -0.39 is 0 Å². The third kappa shape index (κ3) is 1.86. The average molecular weight is 216 g/mol. The predicted molar refractivity (Wildman–Crippen MR) is 70.4 cm³/mol. The van der Waals surface area contributed by atoms with Crippen molar-refractivity contribution in [2.45, 2.75) is 45.2 Å². The topological polar surface area (TPSA) is 20.2 Å². The van der Waals surface area contributed by atoms with Crippen LogP contribution in [0.3, 0.4) is 0 Å². The molecule has 1 fully saturated rings. The highest BCUT2D eigenvalue weighted by atomic mass is 16.3. The minimum absolute atomic E-state index is 0.361. The number of phenols is 1. The number of benzene rings is 1. The second-order valence-corrected chi connectivity index (χ2v) is 6.46. The third-order valence-electron chi connectivity index (χ3n) is 4.71. The van der Waals surface area contributed by atoms with Gasteiger partial charge in [0.05, 0.1) is 0 Å². The van der Waals surface area contributed by atoms with Crippen LogP contribution in [0, 0.1) is 5.41 Å². The monoisotopic (exact) mass is 216 g/mol. The molecular formula is C14H21BO. The van der Waals surface area contributed by atoms with Crippen molar-refractivity contribution < 1.29 is 5.11 Å². The Morgan fingerprint density at radius 1 is 1.12 bits per heavy atom. The fourth-order valence-corrected chi connectivity index (χ4v) is 2.84. The van der Waals surface area contributed by atoms with Crippen LogP contribution < -0.4 is 0 Å². The average Bonchev–Trinajstić information content (AvgIpc) is 2.37. The van der Waals surface area contributed by atoms with Crippen molar-refractivity contribution in [2.24, 2.45) is 5.41 Å². The van der Waals surface area contributed by atoms with Gasteiger partial charge in [-0.2, -0.15) is 0 Å². The molecule has 1 saturated heterocycles. The first-order valence-corrected chi connectivity index (χ1v) is 6.11. The number of aromatic hydroxyl groups is 1. The Morgan fingerprint density at radius 3 is 2.12 bits per heavy atom. The van der Waals surface area contributed by atoms with Crippen LogP contribution in [-0.4, -0.2) is 12.4 Å². The fraction of sp³-hybridized carbons (Fsp3) is 0.571. The summed E-state index contributed by atoms with van der Waals surface area (Å²) in [6.45, 7) is 9.47. The normalized spacial score (nSPS) is 26.4. The number of phenolic OH excluding ortho intramolecular Hbond substituents is 1. The van der Waals surface area contributed by atoms with E-state index in [9.17, 15) is 5.11 Å². The Bertz CT molecular complexity index is 362. The first-order chi connectivity index (χ1) is 7.32. The van der Waals surface area contributed by atoms with E-state index in [1.165, 1.54) is 19.3 Å². The van der Waals surface area contributed by atoms with E-state index >= 15 is 0 Å². The first kappa shape index (κ1) is 11.6. The molecule has 2 rings (SSSR count). The molecule has 0 amide bonds. The van der Waals surface area contributed by atoms with Crippen LogP contribution >= 0.6 is 0 Å². The summed E-state index contributed by atoms with van der Waals surface area (Å²) in [5, 5.41) is 9.70. The zero-order valence-corrected chi connectivity index (χ0v) is 10.7. The van der Waals surface area contributed by atoms with E-state index in [0.29, 0.717) is 22.3 Å². The molecule has 16 heavy (non-hydrogen) atoms. The summed E-state index contributed by atoms with van der Waals surface area (Å²) in [7, 11) is 1.24. The Morgan fingerprint density at radius 2 is 1.69 bits per heavy atom. The van der Waals surface area contributed by atoms with Crippen molar-refractivity contribution in [1.82, 2.24) is 0 Å². The van der Waals surface area contributed by atoms with Crippen LogP contribution in [0.4, 0.5) is 0 Å². The van der Waals surface area contributed by atoms with E-state index in [0.717, 1.165) is 0 Å². The van der Waals surface area contributed by atoms with Crippen molar-refractivity contribution in [1.29, 1.82) is 0 Å². The molecule has 0 aromatic heterocycles. The lowest BCUT2D eigenvalue weighted by Gasteiger charge is -2.34. The quantitative estimate of drug-likeness (QED) is 0.712. The van der Waals surface area contributed by atoms with Gasteiger partial charge in [0.15, 0.2) is 0 Å². The number of hydrogen-bond donors (Lipinski definition) is 1. The van der Waals surface area contributed by atoms with Gasteiger partial charge in [-0.3, -0.25) is 0 Å². The summed E-state index contributed by atoms with van der Waals surface area (Å²) in [6, 6.07) is 7.73. The minimum atomic E-state index is 0.361. The molecule has 0 spiro atoms. The molecule has 2 heteroatoms. The highest BCUT2D eigenvalue weighted by Crippen LogP contribution is 2.57. The molecule has 0 bridgehead atoms. The summed E-state index contributed by atoms with van der Waals surface area (Å²) in [5.41, 5.74) is 1.77. The molecule has 1 aliphatic rings. The van der Waals surface area contributed by atoms with Gasteiger partial charge in [0, 0.05) is 0 Å². The minimum Gasteiger partial charge on any atom is -0.508 e. The molecule has 1 aromatic carbocycles. The molecule has 1 N–H and O–H groups in total. The lowest BCUT2D eigenvalue weighted by Crippen LogP contribution is -2.23. The van der Waals surface area contributed by atoms with Crippen LogP contribution in [0.25, 0.3) is 0 Å². The van der Waals surface area contributed by atoms with Gasteiger partial charge < -0.3 is 5.11 Å². The third-order valence-corrected chi connectivity index (χ3v) is 4.71. The maximum atomic E-state index is 9.30. The van der Waals surface area contributed by atoms with Crippen molar-refractivity contribution >= 4 is 7.28 Å². The Hall–Kier alpha value is -0.915. The molecule has 1 nitrogen and oxygen atoms in total. The standard InChI is InChI=1S/C14H21BO/c1-13(2)9-12(15-14(13,3)4)10-5-7-11(16)8-6-10/h5-8,12,15-16H,9H2,1-4H3. The van der Waals surface area contributed by atoms with Gasteiger partial charge in [-0.1, -0.05) is 50.7 Å². The fourth-order valence-electron chi connectivity index (χ4n) is 2.84. The van der Waals surface area contributed by atoms with Crippen LogP contribution in [0.1, 0.15) is 45.5 Å². The summed E-state index contributed by atoms with van der Waals surface area (Å²) in [5.74, 6) is 1.01. The van der Waals surface area contributed by atoms with E-state index in [-0.39, 0.29) is 0 Å². The molecule has 1 aromatic rings. The summed E-state index contributed by atoms with van der Waals surface area (Å²) in [4.78, 5) is 0. The predicted octanol–water partition coefficient (Wildman–Crippen LogP) is 3.50. The Labute approximate surface area is 99.1 Å². The summed E-state index contributed by atoms with van der Waals surface area (Å²) in [6.07, 6.45) is 1.24. The molecule has 1 unspecified atom stereocenters. The van der Waals surface area contributed by atoms with E-state index in [2.05, 4.69) is 39.8 Å². The summed E-state index contributed by atoms with van der Waals surface area (Å²) < 4.78 is 0. The number of rotatable bonds is 1. The van der Waals surface area contributed by atoms with Gasteiger partial charge in [-0.05, 0) is 29.8 Å². The van der Waals surface area contributed by atoms with Gasteiger partial charge in [0.2, 0.25) is 0 Å². The van der Waals surface area contributed by atoms with Gasteiger partial charge in [-0.15, -0.1) is 0 Å². The van der Waals surface area contributed by atoms with Crippen molar-refractivity contribution in [3.05, 3.63) is 29.8 Å². The van der Waals surface area contributed by atoms with Gasteiger partial charge in [-0.25, -0.2) is 0 Å². The second kappa shape index (κ2) is 3.54. The molecule has 1 heterocycles. The molecule has 0 aliphatic carbocycles. The van der Waals surface area contributed by atoms with Gasteiger partial charge in [0.1, 0.15) is 13.0 Å². The molecule has 1 aliphatic heterocycles. The molecule has 86 valence electrons. The van der Waals surface area contributed by atoms with Crippen molar-refractivity contribution in [3.8, 4) is 5.75 Å². The smallest absolute Gasteiger partial charge is 0.137 e. The number of hydrogen-bond acceptors (Lipinski definition) is 1. The van der Waals surface area contributed by atoms with Crippen LogP contribution in [0.2, 0.25) is 5.31 Å². The van der Waals surface area contributed by atoms with E-state index in [1.54, 1.807) is 12.1 Å². The molecule has 0 saturated carbocycles. The maximum Gasteiger partial charge on any atom is 0.137 e. The lowest BCUT2D eigenvalue weighted by atomic mass is 9.47. The van der Waals surface area contributed by atoms with Gasteiger partial charge >= 0.3 is 0 Å². The molecular weight excluding hydrogens is 195 g/mol. The maximum absolute atomic E-state index is 9.30.